The summed E-state index contributed by atoms with van der Waals surface area (Å²) in [6.45, 7) is 6.01. The first-order valence-corrected chi connectivity index (χ1v) is 13.6. The lowest BCUT2D eigenvalue weighted by Crippen LogP contribution is -2.49. The maximum atomic E-state index is 13.2. The molecule has 0 aliphatic heterocycles. The number of carbonyl (C=O) groups is 2. The van der Waals surface area contributed by atoms with Crippen LogP contribution in [0.2, 0.25) is 5.02 Å². The molecule has 0 aromatic heterocycles. The number of anilines is 1. The van der Waals surface area contributed by atoms with Gasteiger partial charge in [-0.3, -0.25) is 13.9 Å². The molecule has 2 amide bonds. The van der Waals surface area contributed by atoms with Gasteiger partial charge in [0.15, 0.2) is 0 Å². The van der Waals surface area contributed by atoms with Crippen LogP contribution in [0, 0.1) is 0 Å². The molecule has 0 saturated carbocycles. The Kier molecular flexibility index (Phi) is 10.4. The molecule has 0 spiro atoms. The number of halogens is 1. The lowest BCUT2D eigenvalue weighted by atomic mass is 10.1. The molecule has 0 unspecified atom stereocenters. The lowest BCUT2D eigenvalue weighted by Gasteiger charge is -2.30. The Labute approximate surface area is 208 Å². The number of amides is 2. The summed E-state index contributed by atoms with van der Waals surface area (Å²) in [5, 5.41) is 3.52. The molecule has 9 heteroatoms. The molecule has 0 bridgehead atoms. The average Bonchev–Trinajstić information content (AvgIpc) is 2.80. The van der Waals surface area contributed by atoms with Crippen LogP contribution in [0.25, 0.3) is 0 Å². The number of hydrogen-bond acceptors (Lipinski definition) is 4. The summed E-state index contributed by atoms with van der Waals surface area (Å²) >= 11 is 5.98. The van der Waals surface area contributed by atoms with Crippen molar-refractivity contribution < 1.29 is 18.0 Å². The number of nitrogens with one attached hydrogen (secondary N) is 1. The van der Waals surface area contributed by atoms with Gasteiger partial charge in [-0.05, 0) is 56.5 Å². The average molecular weight is 508 g/mol. The van der Waals surface area contributed by atoms with Gasteiger partial charge in [-0.25, -0.2) is 8.42 Å². The molecule has 0 heterocycles. The zero-order valence-electron chi connectivity index (χ0n) is 20.2. The van der Waals surface area contributed by atoms with Crippen molar-refractivity contribution in [2.24, 2.45) is 0 Å². The van der Waals surface area contributed by atoms with Gasteiger partial charge in [0.05, 0.1) is 11.9 Å². The molecule has 7 nitrogen and oxygen atoms in total. The number of carbonyl (C=O) groups excluding carboxylic acids is 2. The van der Waals surface area contributed by atoms with E-state index in [1.54, 1.807) is 43.3 Å². The molecular formula is C25H34ClN3O4S. The fourth-order valence-corrected chi connectivity index (χ4v) is 4.52. The van der Waals surface area contributed by atoms with Gasteiger partial charge in [-0.15, -0.1) is 0 Å². The van der Waals surface area contributed by atoms with Gasteiger partial charge in [0.25, 0.3) is 0 Å². The minimum atomic E-state index is -3.50. The van der Waals surface area contributed by atoms with E-state index in [4.69, 9.17) is 11.6 Å². The molecule has 34 heavy (non-hydrogen) atoms. The second-order valence-corrected chi connectivity index (χ2v) is 10.8. The maximum Gasteiger partial charge on any atom is 0.242 e. The first-order chi connectivity index (χ1) is 16.0. The largest absolute Gasteiger partial charge is 0.352 e. The Balaban J connectivity index is 2.14. The summed E-state index contributed by atoms with van der Waals surface area (Å²) in [5.41, 5.74) is 1.40. The third-order valence-corrected chi connectivity index (χ3v) is 7.08. The first kappa shape index (κ1) is 27.7. The summed E-state index contributed by atoms with van der Waals surface area (Å²) in [6, 6.07) is 15.2. The van der Waals surface area contributed by atoms with Gasteiger partial charge >= 0.3 is 0 Å². The summed E-state index contributed by atoms with van der Waals surface area (Å²) in [5.74, 6) is -0.443. The molecule has 186 valence electrons. The predicted octanol–water partition coefficient (Wildman–Crippen LogP) is 4.22. The highest BCUT2D eigenvalue weighted by Gasteiger charge is 2.27. The van der Waals surface area contributed by atoms with Crippen LogP contribution >= 0.6 is 11.6 Å². The zero-order valence-corrected chi connectivity index (χ0v) is 21.8. The normalized spacial score (nSPS) is 13.1. The van der Waals surface area contributed by atoms with Crippen LogP contribution in [0.4, 0.5) is 5.69 Å². The number of sulfonamides is 1. The van der Waals surface area contributed by atoms with Crippen molar-refractivity contribution in [3.8, 4) is 0 Å². The van der Waals surface area contributed by atoms with Gasteiger partial charge in [0.2, 0.25) is 21.8 Å². The Morgan fingerprint density at radius 2 is 1.65 bits per heavy atom. The van der Waals surface area contributed by atoms with Crippen molar-refractivity contribution in [2.75, 3.05) is 17.1 Å². The highest BCUT2D eigenvalue weighted by molar-refractivity contribution is 7.92. The topological polar surface area (TPSA) is 86.8 Å². The quantitative estimate of drug-likeness (QED) is 0.466. The minimum Gasteiger partial charge on any atom is -0.352 e. The second-order valence-electron chi connectivity index (χ2n) is 8.42. The van der Waals surface area contributed by atoms with Crippen molar-refractivity contribution in [1.29, 1.82) is 0 Å². The Morgan fingerprint density at radius 1 is 1.03 bits per heavy atom. The summed E-state index contributed by atoms with van der Waals surface area (Å²) in [6.07, 6.45) is 2.35. The van der Waals surface area contributed by atoms with Crippen molar-refractivity contribution in [1.82, 2.24) is 10.2 Å². The van der Waals surface area contributed by atoms with Crippen LogP contribution < -0.4 is 9.62 Å². The molecule has 0 fully saturated rings. The highest BCUT2D eigenvalue weighted by atomic mass is 35.5. The molecule has 1 N–H and O–H groups in total. The highest BCUT2D eigenvalue weighted by Crippen LogP contribution is 2.19. The number of hydrogen-bond donors (Lipinski definition) is 1. The molecule has 0 radical (unpaired) electrons. The van der Waals surface area contributed by atoms with Gasteiger partial charge in [0.1, 0.15) is 6.04 Å². The fraction of sp³-hybridized carbons (Fsp3) is 0.440. The van der Waals surface area contributed by atoms with E-state index in [2.05, 4.69) is 5.32 Å². The van der Waals surface area contributed by atoms with E-state index in [-0.39, 0.29) is 37.4 Å². The smallest absolute Gasteiger partial charge is 0.242 e. The maximum absolute atomic E-state index is 13.2. The minimum absolute atomic E-state index is 0.00312. The molecule has 2 aromatic rings. The molecule has 2 rings (SSSR count). The van der Waals surface area contributed by atoms with Crippen LogP contribution in [0.1, 0.15) is 45.6 Å². The van der Waals surface area contributed by atoms with Crippen molar-refractivity contribution in [3.05, 3.63) is 65.2 Å². The van der Waals surface area contributed by atoms with Gasteiger partial charge in [0, 0.05) is 30.6 Å². The van der Waals surface area contributed by atoms with E-state index < -0.39 is 16.1 Å². The Hall–Kier alpha value is -2.58. The lowest BCUT2D eigenvalue weighted by molar-refractivity contribution is -0.140. The van der Waals surface area contributed by atoms with E-state index >= 15 is 0 Å². The number of rotatable bonds is 12. The Bertz CT molecular complexity index is 1050. The van der Waals surface area contributed by atoms with E-state index in [1.165, 1.54) is 9.21 Å². The first-order valence-electron chi connectivity index (χ1n) is 11.4. The second kappa shape index (κ2) is 12.8. The van der Waals surface area contributed by atoms with Gasteiger partial charge in [-0.1, -0.05) is 48.9 Å². The summed E-state index contributed by atoms with van der Waals surface area (Å²) < 4.78 is 25.9. The van der Waals surface area contributed by atoms with Crippen LogP contribution in [-0.2, 0) is 26.2 Å². The van der Waals surface area contributed by atoms with Crippen LogP contribution in [0.3, 0.4) is 0 Å². The SMILES string of the molecule is CC[C@H](C)NC(=O)[C@@H](C)N(Cc1ccc(Cl)cc1)C(=O)CCCN(c1ccccc1)S(C)(=O)=O. The van der Waals surface area contributed by atoms with Crippen LogP contribution in [0.5, 0.6) is 0 Å². The molecular weight excluding hydrogens is 474 g/mol. The van der Waals surface area contributed by atoms with Crippen LogP contribution in [-0.4, -0.2) is 50.0 Å². The van der Waals surface area contributed by atoms with E-state index in [0.29, 0.717) is 17.1 Å². The molecule has 0 aliphatic rings. The van der Waals surface area contributed by atoms with E-state index in [9.17, 15) is 18.0 Å². The van der Waals surface area contributed by atoms with Gasteiger partial charge in [-0.2, -0.15) is 0 Å². The number of para-hydroxylation sites is 1. The van der Waals surface area contributed by atoms with E-state index in [0.717, 1.165) is 18.2 Å². The molecule has 2 aromatic carbocycles. The number of benzene rings is 2. The summed E-state index contributed by atoms with van der Waals surface area (Å²) in [4.78, 5) is 27.6. The third kappa shape index (κ3) is 8.33. The summed E-state index contributed by atoms with van der Waals surface area (Å²) in [7, 11) is -3.50. The van der Waals surface area contributed by atoms with Gasteiger partial charge < -0.3 is 10.2 Å². The van der Waals surface area contributed by atoms with Crippen molar-refractivity contribution >= 4 is 39.1 Å². The fourth-order valence-electron chi connectivity index (χ4n) is 3.43. The van der Waals surface area contributed by atoms with E-state index in [1.807, 2.05) is 32.0 Å². The standard InChI is InChI=1S/C25H34ClN3O4S/c1-5-19(2)27-25(31)20(3)28(18-21-13-15-22(26)16-14-21)24(30)12-9-17-29(34(4,32)33)23-10-7-6-8-11-23/h6-8,10-11,13-16,19-20H,5,9,12,17-18H2,1-4H3,(H,27,31)/t19-,20+/m0/s1. The van der Waals surface area contributed by atoms with Crippen LogP contribution in [0.15, 0.2) is 54.6 Å². The molecule has 0 aliphatic carbocycles. The van der Waals surface area contributed by atoms with Crippen molar-refractivity contribution in [2.45, 2.75) is 58.7 Å². The Morgan fingerprint density at radius 3 is 2.21 bits per heavy atom. The predicted molar refractivity (Wildman–Crippen MR) is 137 cm³/mol. The monoisotopic (exact) mass is 507 g/mol. The molecule has 2 atom stereocenters. The molecule has 0 saturated heterocycles. The zero-order chi connectivity index (χ0) is 25.3. The number of nitrogens with zero attached hydrogens (tertiary/aromatic N) is 2. The van der Waals surface area contributed by atoms with Crippen molar-refractivity contribution in [3.63, 3.8) is 0 Å². The third-order valence-electron chi connectivity index (χ3n) is 5.63.